The molecule has 1 fully saturated rings. The van der Waals surface area contributed by atoms with Crippen molar-refractivity contribution in [3.8, 4) is 0 Å². The molecule has 0 amide bonds. The van der Waals surface area contributed by atoms with Crippen molar-refractivity contribution in [3.05, 3.63) is 0 Å². The Morgan fingerprint density at radius 2 is 1.94 bits per heavy atom. The molecule has 6 N–H and O–H groups in total. The summed E-state index contributed by atoms with van der Waals surface area (Å²) in [7, 11) is -5.20. The lowest BCUT2D eigenvalue weighted by Gasteiger charge is -2.42. The second kappa shape index (κ2) is 4.84. The Bertz CT molecular complexity index is 317. The first-order valence-corrected chi connectivity index (χ1v) is 5.90. The Morgan fingerprint density at radius 1 is 1.41 bits per heavy atom. The molecule has 0 spiro atoms. The van der Waals surface area contributed by atoms with Crippen LogP contribution in [0.15, 0.2) is 0 Å². The number of phosphoric ester groups is 1. The molecule has 5 atom stereocenters. The highest BCUT2D eigenvalue weighted by Crippen LogP contribution is 2.43. The monoisotopic (exact) mass is 278 g/mol. The van der Waals surface area contributed by atoms with Crippen molar-refractivity contribution in [3.63, 3.8) is 0 Å². The fourth-order valence-corrected chi connectivity index (χ4v) is 1.74. The topological polar surface area (TPSA) is 157 Å². The molecular weight excluding hydrogens is 266 g/mol. The first-order valence-electron chi connectivity index (χ1n) is 4.37. The molecule has 0 radical (unpaired) electrons. The van der Waals surface area contributed by atoms with E-state index in [1.54, 1.807) is 0 Å². The molecule has 0 aromatic heterocycles. The van der Waals surface area contributed by atoms with Gasteiger partial charge in [-0.05, 0) is 0 Å². The first-order chi connectivity index (χ1) is 7.59. The van der Waals surface area contributed by atoms with E-state index in [2.05, 4.69) is 9.26 Å². The van der Waals surface area contributed by atoms with Gasteiger partial charge in [0.15, 0.2) is 0 Å². The van der Waals surface area contributed by atoms with Gasteiger partial charge in [0.2, 0.25) is 6.29 Å². The van der Waals surface area contributed by atoms with Crippen molar-refractivity contribution in [2.75, 3.05) is 6.61 Å². The minimum Gasteiger partial charge on any atom is -0.394 e. The SMILES string of the molecule is O=P(O)(O)O[C@H]1O[C@H](CO)[C@H](O)[C@H](O)[C@]1(O)F. The molecule has 9 nitrogen and oxygen atoms in total. The van der Waals surface area contributed by atoms with Crippen LogP contribution in [0.4, 0.5) is 4.39 Å². The van der Waals surface area contributed by atoms with Gasteiger partial charge < -0.3 is 34.9 Å². The molecule has 0 saturated carbocycles. The van der Waals surface area contributed by atoms with Crippen LogP contribution >= 0.6 is 7.82 Å². The van der Waals surface area contributed by atoms with Gasteiger partial charge >= 0.3 is 7.82 Å². The molecule has 1 heterocycles. The summed E-state index contributed by atoms with van der Waals surface area (Å²) < 4.78 is 32.2. The summed E-state index contributed by atoms with van der Waals surface area (Å²) in [5.74, 6) is -3.73. The number of hydrogen-bond donors (Lipinski definition) is 6. The lowest BCUT2D eigenvalue weighted by Crippen LogP contribution is -2.64. The van der Waals surface area contributed by atoms with Crippen molar-refractivity contribution in [1.82, 2.24) is 0 Å². The van der Waals surface area contributed by atoms with Crippen LogP contribution in [0.1, 0.15) is 0 Å². The Balaban J connectivity index is 2.92. The Labute approximate surface area is 94.3 Å². The van der Waals surface area contributed by atoms with Gasteiger partial charge in [0.05, 0.1) is 6.61 Å². The van der Waals surface area contributed by atoms with Crippen LogP contribution in [0.25, 0.3) is 0 Å². The van der Waals surface area contributed by atoms with E-state index in [-0.39, 0.29) is 0 Å². The number of rotatable bonds is 3. The Kier molecular flexibility index (Phi) is 4.24. The highest BCUT2D eigenvalue weighted by atomic mass is 31.2. The summed E-state index contributed by atoms with van der Waals surface area (Å²) in [5, 5.41) is 36.2. The van der Waals surface area contributed by atoms with Gasteiger partial charge in [-0.3, -0.25) is 4.52 Å². The fourth-order valence-electron chi connectivity index (χ4n) is 1.29. The van der Waals surface area contributed by atoms with Crippen LogP contribution < -0.4 is 0 Å². The van der Waals surface area contributed by atoms with Crippen LogP contribution in [0.3, 0.4) is 0 Å². The van der Waals surface area contributed by atoms with E-state index >= 15 is 0 Å². The van der Waals surface area contributed by atoms with Crippen LogP contribution in [0.5, 0.6) is 0 Å². The van der Waals surface area contributed by atoms with Crippen molar-refractivity contribution < 1.29 is 48.4 Å². The second-order valence-corrected chi connectivity index (χ2v) is 4.64. The highest BCUT2D eigenvalue weighted by molar-refractivity contribution is 7.46. The third-order valence-electron chi connectivity index (χ3n) is 2.16. The van der Waals surface area contributed by atoms with E-state index in [9.17, 15) is 19.2 Å². The summed E-state index contributed by atoms with van der Waals surface area (Å²) in [6.45, 7) is -0.880. The number of aliphatic hydroxyl groups is 4. The lowest BCUT2D eigenvalue weighted by atomic mass is 9.97. The van der Waals surface area contributed by atoms with Crippen molar-refractivity contribution in [1.29, 1.82) is 0 Å². The maximum atomic E-state index is 13.5. The molecule has 0 unspecified atom stereocenters. The second-order valence-electron chi connectivity index (χ2n) is 3.45. The smallest absolute Gasteiger partial charge is 0.394 e. The van der Waals surface area contributed by atoms with E-state index in [0.717, 1.165) is 0 Å². The molecule has 1 aliphatic rings. The van der Waals surface area contributed by atoms with Gasteiger partial charge in [-0.2, -0.15) is 0 Å². The molecule has 0 aromatic rings. The maximum absolute atomic E-state index is 13.5. The van der Waals surface area contributed by atoms with Gasteiger partial charge in [0.1, 0.15) is 18.3 Å². The molecule has 1 rings (SSSR count). The summed E-state index contributed by atoms with van der Waals surface area (Å²) in [6, 6.07) is 0. The van der Waals surface area contributed by atoms with Gasteiger partial charge in [-0.1, -0.05) is 0 Å². The molecule has 0 aliphatic carbocycles. The number of phosphoric acid groups is 1. The van der Waals surface area contributed by atoms with E-state index in [1.807, 2.05) is 0 Å². The largest absolute Gasteiger partial charge is 0.472 e. The molecule has 102 valence electrons. The normalized spacial score (nSPS) is 43.7. The van der Waals surface area contributed by atoms with Gasteiger partial charge in [0, 0.05) is 0 Å². The zero-order valence-electron chi connectivity index (χ0n) is 8.25. The highest BCUT2D eigenvalue weighted by Gasteiger charge is 2.58. The molecule has 1 saturated heterocycles. The molecule has 11 heteroatoms. The average molecular weight is 278 g/mol. The number of hydrogen-bond acceptors (Lipinski definition) is 7. The quantitative estimate of drug-likeness (QED) is 0.300. The van der Waals surface area contributed by atoms with Crippen LogP contribution in [0, 0.1) is 0 Å². The van der Waals surface area contributed by atoms with Crippen molar-refractivity contribution in [2.45, 2.75) is 30.5 Å². The van der Waals surface area contributed by atoms with E-state index < -0.39 is 44.9 Å². The summed E-state index contributed by atoms with van der Waals surface area (Å²) in [6.07, 6.45) is -8.53. The number of ether oxygens (including phenoxy) is 1. The molecule has 0 bridgehead atoms. The molecule has 17 heavy (non-hydrogen) atoms. The maximum Gasteiger partial charge on any atom is 0.472 e. The number of alkyl halides is 1. The molecule has 0 aromatic carbocycles. The Hall–Kier alpha value is -0.160. The van der Waals surface area contributed by atoms with Crippen molar-refractivity contribution in [2.24, 2.45) is 0 Å². The molecule has 1 aliphatic heterocycles. The zero-order valence-corrected chi connectivity index (χ0v) is 9.14. The van der Waals surface area contributed by atoms with Crippen molar-refractivity contribution >= 4 is 7.82 Å². The van der Waals surface area contributed by atoms with E-state index in [0.29, 0.717) is 0 Å². The Morgan fingerprint density at radius 3 is 2.35 bits per heavy atom. The number of halogens is 1. The summed E-state index contributed by atoms with van der Waals surface area (Å²) >= 11 is 0. The van der Waals surface area contributed by atoms with E-state index in [1.165, 1.54) is 0 Å². The number of aliphatic hydroxyl groups excluding tert-OH is 3. The van der Waals surface area contributed by atoms with Crippen LogP contribution in [0.2, 0.25) is 0 Å². The lowest BCUT2D eigenvalue weighted by molar-refractivity contribution is -0.364. The third-order valence-corrected chi connectivity index (χ3v) is 2.63. The minimum absolute atomic E-state index is 0.880. The van der Waals surface area contributed by atoms with Crippen LogP contribution in [-0.4, -0.2) is 67.3 Å². The predicted molar refractivity (Wildman–Crippen MR) is 46.9 cm³/mol. The standard InChI is InChI=1S/C6H12FO9P/c7-6(11)4(10)3(9)2(1-8)15-5(6)16-17(12,13)14/h2-5,8-11H,1H2,(H2,12,13,14)/t2-,3+,4+,5-,6-/m1/s1. The predicted octanol–water partition coefficient (Wildman–Crippen LogP) is -2.81. The zero-order chi connectivity index (χ0) is 13.4. The average Bonchev–Trinajstić information content (AvgIpc) is 2.18. The summed E-state index contributed by atoms with van der Waals surface area (Å²) in [5.41, 5.74) is 0. The third kappa shape index (κ3) is 3.19. The van der Waals surface area contributed by atoms with Gasteiger partial charge in [-0.15, -0.1) is 0 Å². The fraction of sp³-hybridized carbons (Fsp3) is 1.00. The van der Waals surface area contributed by atoms with Gasteiger partial charge in [0.25, 0.3) is 5.85 Å². The first kappa shape index (κ1) is 14.9. The van der Waals surface area contributed by atoms with E-state index in [4.69, 9.17) is 20.0 Å². The van der Waals surface area contributed by atoms with Crippen LogP contribution in [-0.2, 0) is 13.8 Å². The van der Waals surface area contributed by atoms with Gasteiger partial charge in [-0.25, -0.2) is 8.96 Å². The minimum atomic E-state index is -5.20. The summed E-state index contributed by atoms with van der Waals surface area (Å²) in [4.78, 5) is 16.9. The molecular formula is C6H12FO9P.